The summed E-state index contributed by atoms with van der Waals surface area (Å²) in [5.74, 6) is 0.851. The number of hydrogen-bond donors (Lipinski definition) is 0. The highest BCUT2D eigenvalue weighted by atomic mass is 35.5. The Balaban J connectivity index is 1.62. The molecule has 4 heterocycles. The summed E-state index contributed by atoms with van der Waals surface area (Å²) in [6.07, 6.45) is 4.86. The number of carbonyl (C=O) groups is 1. The number of sulfone groups is 1. The lowest BCUT2D eigenvalue weighted by Crippen LogP contribution is -2.41. The van der Waals surface area contributed by atoms with Gasteiger partial charge in [-0.05, 0) is 42.7 Å². The van der Waals surface area contributed by atoms with Crippen molar-refractivity contribution in [3.63, 3.8) is 0 Å². The summed E-state index contributed by atoms with van der Waals surface area (Å²) in [5.41, 5.74) is 2.75. The number of amides is 1. The summed E-state index contributed by atoms with van der Waals surface area (Å²) in [7, 11) is -3.03. The van der Waals surface area contributed by atoms with E-state index in [0.717, 1.165) is 16.8 Å². The van der Waals surface area contributed by atoms with Crippen LogP contribution in [0.15, 0.2) is 36.7 Å². The molecule has 31 heavy (non-hydrogen) atoms. The van der Waals surface area contributed by atoms with Gasteiger partial charge in [0, 0.05) is 11.2 Å². The first-order valence-corrected chi connectivity index (χ1v) is 12.6. The van der Waals surface area contributed by atoms with Crippen LogP contribution in [0.25, 0.3) is 11.0 Å². The molecule has 0 saturated carbocycles. The lowest BCUT2D eigenvalue weighted by molar-refractivity contribution is -0.123. The van der Waals surface area contributed by atoms with Crippen LogP contribution in [0.1, 0.15) is 44.1 Å². The first-order chi connectivity index (χ1) is 14.8. The van der Waals surface area contributed by atoms with Crippen LogP contribution in [-0.2, 0) is 26.6 Å². The molecule has 162 valence electrons. The molecule has 3 aromatic rings. The third-order valence-corrected chi connectivity index (χ3v) is 8.77. The molecular weight excluding hydrogens is 436 g/mol. The minimum absolute atomic E-state index is 0.0402. The van der Waals surface area contributed by atoms with E-state index in [1.165, 1.54) is 0 Å². The second-order valence-electron chi connectivity index (χ2n) is 8.34. The molecule has 0 spiro atoms. The van der Waals surface area contributed by atoms with E-state index in [-0.39, 0.29) is 30.0 Å². The third-order valence-electron chi connectivity index (χ3n) is 6.75. The monoisotopic (exact) mass is 458 g/mol. The smallest absolute Gasteiger partial charge is 0.238 e. The number of imidazole rings is 1. The van der Waals surface area contributed by atoms with Crippen LogP contribution in [0.4, 0.5) is 5.69 Å². The summed E-state index contributed by atoms with van der Waals surface area (Å²) < 4.78 is 25.7. The second kappa shape index (κ2) is 7.03. The van der Waals surface area contributed by atoms with Gasteiger partial charge in [-0.15, -0.1) is 0 Å². The summed E-state index contributed by atoms with van der Waals surface area (Å²) in [4.78, 5) is 24.4. The van der Waals surface area contributed by atoms with E-state index in [1.807, 2.05) is 30.5 Å². The van der Waals surface area contributed by atoms with Crippen LogP contribution in [0.2, 0.25) is 5.02 Å². The Bertz CT molecular complexity index is 1300. The second-order valence-corrected chi connectivity index (χ2v) is 10.9. The zero-order valence-electron chi connectivity index (χ0n) is 17.4. The summed E-state index contributed by atoms with van der Waals surface area (Å²) in [6, 6.07) is 7.15. The molecule has 9 heteroatoms. The maximum absolute atomic E-state index is 13.6. The van der Waals surface area contributed by atoms with Crippen LogP contribution >= 0.6 is 11.6 Å². The number of fused-ring (bicyclic) bond motifs is 2. The maximum Gasteiger partial charge on any atom is 0.238 e. The van der Waals surface area contributed by atoms with Crippen molar-refractivity contribution in [2.75, 3.05) is 16.4 Å². The van der Waals surface area contributed by atoms with Crippen LogP contribution in [0.3, 0.4) is 0 Å². The molecule has 0 bridgehead atoms. The molecule has 7 nitrogen and oxygen atoms in total. The van der Waals surface area contributed by atoms with Gasteiger partial charge in [-0.1, -0.05) is 25.4 Å². The molecule has 0 atom stereocenters. The zero-order chi connectivity index (χ0) is 22.0. The largest absolute Gasteiger partial charge is 0.321 e. The quantitative estimate of drug-likeness (QED) is 0.582. The number of nitrogens with zero attached hydrogens (tertiary/aromatic N) is 4. The summed E-state index contributed by atoms with van der Waals surface area (Å²) >= 11 is 6.17. The molecule has 0 radical (unpaired) electrons. The highest BCUT2D eigenvalue weighted by Gasteiger charge is 2.49. The molecule has 5 rings (SSSR count). The summed E-state index contributed by atoms with van der Waals surface area (Å²) in [6.45, 7) is 4.32. The van der Waals surface area contributed by atoms with Gasteiger partial charge >= 0.3 is 0 Å². The molecule has 0 unspecified atom stereocenters. The van der Waals surface area contributed by atoms with Crippen molar-refractivity contribution in [2.45, 2.75) is 44.7 Å². The zero-order valence-corrected chi connectivity index (χ0v) is 18.9. The number of carbonyl (C=O) groups excluding carboxylic acids is 1. The topological polar surface area (TPSA) is 85.2 Å². The number of hydrogen-bond acceptors (Lipinski definition) is 5. The van der Waals surface area contributed by atoms with Gasteiger partial charge in [0.15, 0.2) is 9.84 Å². The van der Waals surface area contributed by atoms with E-state index in [2.05, 4.69) is 4.98 Å². The first-order valence-electron chi connectivity index (χ1n) is 10.4. The molecule has 2 aliphatic heterocycles. The minimum Gasteiger partial charge on any atom is -0.321 e. The van der Waals surface area contributed by atoms with Crippen LogP contribution in [0.5, 0.6) is 0 Å². The summed E-state index contributed by atoms with van der Waals surface area (Å²) in [5, 5.41) is 0.563. The van der Waals surface area contributed by atoms with Gasteiger partial charge in [0.05, 0.1) is 52.4 Å². The molecule has 0 aliphatic carbocycles. The fraction of sp³-hybridized carbons (Fsp3) is 0.409. The number of rotatable bonds is 5. The van der Waals surface area contributed by atoms with Crippen LogP contribution in [-0.4, -0.2) is 40.4 Å². The predicted molar refractivity (Wildman–Crippen MR) is 120 cm³/mol. The van der Waals surface area contributed by atoms with E-state index in [1.54, 1.807) is 29.4 Å². The fourth-order valence-electron chi connectivity index (χ4n) is 5.05. The normalized spacial score (nSPS) is 19.6. The van der Waals surface area contributed by atoms with E-state index >= 15 is 0 Å². The van der Waals surface area contributed by atoms with Crippen molar-refractivity contribution in [3.8, 4) is 0 Å². The number of aromatic nitrogens is 3. The number of pyridine rings is 1. The van der Waals surface area contributed by atoms with E-state index in [0.29, 0.717) is 29.2 Å². The van der Waals surface area contributed by atoms with E-state index in [4.69, 9.17) is 16.6 Å². The van der Waals surface area contributed by atoms with Gasteiger partial charge in [0.2, 0.25) is 5.91 Å². The van der Waals surface area contributed by atoms with Gasteiger partial charge in [0.25, 0.3) is 0 Å². The Labute approximate surface area is 186 Å². The van der Waals surface area contributed by atoms with Crippen molar-refractivity contribution >= 4 is 44.1 Å². The Morgan fingerprint density at radius 1 is 1.19 bits per heavy atom. The predicted octanol–water partition coefficient (Wildman–Crippen LogP) is 3.66. The van der Waals surface area contributed by atoms with Gasteiger partial charge in [0.1, 0.15) is 5.82 Å². The highest BCUT2D eigenvalue weighted by Crippen LogP contribution is 2.46. The minimum atomic E-state index is -3.03. The van der Waals surface area contributed by atoms with Gasteiger partial charge in [-0.3, -0.25) is 9.78 Å². The van der Waals surface area contributed by atoms with E-state index < -0.39 is 15.3 Å². The Morgan fingerprint density at radius 3 is 2.61 bits per heavy atom. The molecular formula is C22H23ClN4O3S. The first kappa shape index (κ1) is 20.5. The molecule has 0 N–H and O–H groups in total. The highest BCUT2D eigenvalue weighted by molar-refractivity contribution is 7.92. The fourth-order valence-corrected chi connectivity index (χ4v) is 6.59. The van der Waals surface area contributed by atoms with Gasteiger partial charge in [-0.25, -0.2) is 13.4 Å². The van der Waals surface area contributed by atoms with E-state index in [9.17, 15) is 13.2 Å². The Kier molecular flexibility index (Phi) is 4.64. The number of anilines is 1. The average molecular weight is 459 g/mol. The lowest BCUT2D eigenvalue weighted by atomic mass is 9.77. The number of halogens is 1. The van der Waals surface area contributed by atoms with Crippen molar-refractivity contribution in [1.82, 2.24) is 14.5 Å². The van der Waals surface area contributed by atoms with Crippen molar-refractivity contribution in [1.29, 1.82) is 0 Å². The average Bonchev–Trinajstić information content (AvgIpc) is 3.19. The molecule has 2 aliphatic rings. The third kappa shape index (κ3) is 2.99. The number of benzene rings is 1. The van der Waals surface area contributed by atoms with Crippen molar-refractivity contribution in [2.24, 2.45) is 0 Å². The molecule has 2 aromatic heterocycles. The molecule has 1 saturated heterocycles. The van der Waals surface area contributed by atoms with Crippen molar-refractivity contribution in [3.05, 3.63) is 53.1 Å². The Morgan fingerprint density at radius 2 is 1.94 bits per heavy atom. The molecule has 1 amide bonds. The van der Waals surface area contributed by atoms with Gasteiger partial charge in [-0.2, -0.15) is 0 Å². The standard InChI is InChI=1S/C22H23ClN4O3S/c1-3-22(4-2)16-7-8-24-10-19(16)26(21(22)28)11-20-25-17-9-14(23)5-6-18(17)27(20)15-12-31(29,30)13-15/h5-10,15H,3-4,11-13H2,1-2H3. The van der Waals surface area contributed by atoms with Crippen LogP contribution < -0.4 is 4.90 Å². The maximum atomic E-state index is 13.6. The lowest BCUT2D eigenvalue weighted by Gasteiger charge is -2.30. The van der Waals surface area contributed by atoms with Crippen molar-refractivity contribution < 1.29 is 13.2 Å². The van der Waals surface area contributed by atoms with Gasteiger partial charge < -0.3 is 9.47 Å². The molecule has 1 aromatic carbocycles. The Hall–Kier alpha value is -2.45. The molecule has 1 fully saturated rings. The SMILES string of the molecule is CCC1(CC)C(=O)N(Cc2nc3cc(Cl)ccc3n2C2CS(=O)(=O)C2)c2cnccc21. The van der Waals surface area contributed by atoms with Crippen LogP contribution in [0, 0.1) is 0 Å².